The number of halogens is 1. The third-order valence-electron chi connectivity index (χ3n) is 3.19. The van der Waals surface area contributed by atoms with Gasteiger partial charge in [-0.25, -0.2) is 9.37 Å². The van der Waals surface area contributed by atoms with Crippen molar-refractivity contribution in [3.8, 4) is 5.75 Å². The average Bonchev–Trinajstić information content (AvgIpc) is 2.48. The number of nitrogens with zero attached hydrogens (tertiary/aromatic N) is 1. The quantitative estimate of drug-likeness (QED) is 0.804. The van der Waals surface area contributed by atoms with Gasteiger partial charge in [-0.05, 0) is 30.7 Å². The number of para-hydroxylation sites is 2. The summed E-state index contributed by atoms with van der Waals surface area (Å²) >= 11 is 0. The van der Waals surface area contributed by atoms with Crippen molar-refractivity contribution in [2.24, 2.45) is 0 Å². The predicted octanol–water partition coefficient (Wildman–Crippen LogP) is 2.95. The molecule has 1 N–H and O–H groups in total. The zero-order valence-electron chi connectivity index (χ0n) is 11.4. The van der Waals surface area contributed by atoms with Gasteiger partial charge < -0.3 is 9.72 Å². The van der Waals surface area contributed by atoms with Crippen LogP contribution < -0.4 is 10.3 Å². The number of nitrogens with one attached hydrogen (secondary N) is 1. The van der Waals surface area contributed by atoms with E-state index < -0.39 is 5.82 Å². The molecule has 0 fully saturated rings. The van der Waals surface area contributed by atoms with E-state index in [1.165, 1.54) is 12.1 Å². The largest absolute Gasteiger partial charge is 0.483 e. The standard InChI is InChI=1S/C16H13FN2O2/c1-10-5-4-6-11-15(10)18-14(19-16(11)20)9-21-13-8-3-2-7-12(13)17/h2-8H,9H2,1H3,(H,18,19,20). The minimum Gasteiger partial charge on any atom is -0.483 e. The number of H-pyrrole nitrogens is 1. The van der Waals surface area contributed by atoms with E-state index in [-0.39, 0.29) is 17.9 Å². The lowest BCUT2D eigenvalue weighted by molar-refractivity contribution is 0.281. The summed E-state index contributed by atoms with van der Waals surface area (Å²) in [7, 11) is 0. The summed E-state index contributed by atoms with van der Waals surface area (Å²) in [4.78, 5) is 19.0. The lowest BCUT2D eigenvalue weighted by Crippen LogP contribution is -2.14. The van der Waals surface area contributed by atoms with Crippen LogP contribution in [0.4, 0.5) is 4.39 Å². The van der Waals surface area contributed by atoms with Crippen LogP contribution in [-0.2, 0) is 6.61 Å². The Labute approximate surface area is 120 Å². The van der Waals surface area contributed by atoms with Gasteiger partial charge in [-0.3, -0.25) is 4.79 Å². The van der Waals surface area contributed by atoms with Gasteiger partial charge in [-0.2, -0.15) is 0 Å². The fourth-order valence-electron chi connectivity index (χ4n) is 2.13. The van der Waals surface area contributed by atoms with E-state index in [0.717, 1.165) is 5.56 Å². The summed E-state index contributed by atoms with van der Waals surface area (Å²) in [5.74, 6) is 0.0481. The molecule has 1 aromatic heterocycles. The maximum atomic E-state index is 13.5. The van der Waals surface area contributed by atoms with Crippen LogP contribution in [0.2, 0.25) is 0 Å². The normalized spacial score (nSPS) is 10.8. The topological polar surface area (TPSA) is 55.0 Å². The zero-order chi connectivity index (χ0) is 14.8. The predicted molar refractivity (Wildman–Crippen MR) is 77.8 cm³/mol. The van der Waals surface area contributed by atoms with Gasteiger partial charge in [0.15, 0.2) is 11.6 Å². The van der Waals surface area contributed by atoms with Crippen molar-refractivity contribution in [1.29, 1.82) is 0 Å². The molecule has 0 saturated heterocycles. The Morgan fingerprint density at radius 3 is 2.81 bits per heavy atom. The lowest BCUT2D eigenvalue weighted by atomic mass is 10.1. The van der Waals surface area contributed by atoms with E-state index >= 15 is 0 Å². The van der Waals surface area contributed by atoms with E-state index in [1.807, 2.05) is 19.1 Å². The third kappa shape index (κ3) is 2.63. The molecule has 0 aliphatic rings. The Bertz CT molecular complexity index is 858. The molecule has 0 atom stereocenters. The fourth-order valence-corrected chi connectivity index (χ4v) is 2.13. The molecule has 0 amide bonds. The second kappa shape index (κ2) is 5.36. The highest BCUT2D eigenvalue weighted by Crippen LogP contribution is 2.17. The number of hydrogen-bond acceptors (Lipinski definition) is 3. The smallest absolute Gasteiger partial charge is 0.258 e. The molecule has 0 unspecified atom stereocenters. The molecule has 0 saturated carbocycles. The minimum absolute atomic E-state index is 0.000444. The maximum Gasteiger partial charge on any atom is 0.258 e. The monoisotopic (exact) mass is 284 g/mol. The first kappa shape index (κ1) is 13.3. The first-order chi connectivity index (χ1) is 10.1. The molecule has 1 heterocycles. The molecule has 3 aromatic rings. The van der Waals surface area contributed by atoms with Crippen LogP contribution in [0.25, 0.3) is 10.9 Å². The first-order valence-electron chi connectivity index (χ1n) is 6.51. The molecule has 0 aliphatic heterocycles. The third-order valence-corrected chi connectivity index (χ3v) is 3.19. The molecular formula is C16H13FN2O2. The highest BCUT2D eigenvalue weighted by Gasteiger charge is 2.07. The van der Waals surface area contributed by atoms with Gasteiger partial charge in [0.1, 0.15) is 12.4 Å². The second-order valence-electron chi connectivity index (χ2n) is 4.70. The van der Waals surface area contributed by atoms with Gasteiger partial charge in [0.05, 0.1) is 10.9 Å². The van der Waals surface area contributed by atoms with E-state index in [2.05, 4.69) is 9.97 Å². The number of aryl methyl sites for hydroxylation is 1. The number of hydrogen-bond donors (Lipinski definition) is 1. The molecular weight excluding hydrogens is 271 g/mol. The Morgan fingerprint density at radius 2 is 2.00 bits per heavy atom. The van der Waals surface area contributed by atoms with Gasteiger partial charge in [-0.1, -0.05) is 24.3 Å². The van der Waals surface area contributed by atoms with Gasteiger partial charge in [0, 0.05) is 0 Å². The Morgan fingerprint density at radius 1 is 1.19 bits per heavy atom. The highest BCUT2D eigenvalue weighted by molar-refractivity contribution is 5.80. The van der Waals surface area contributed by atoms with E-state index in [4.69, 9.17) is 4.74 Å². The van der Waals surface area contributed by atoms with Crippen LogP contribution in [0.15, 0.2) is 47.3 Å². The second-order valence-corrected chi connectivity index (χ2v) is 4.70. The average molecular weight is 284 g/mol. The van der Waals surface area contributed by atoms with Crippen LogP contribution in [0.1, 0.15) is 11.4 Å². The minimum atomic E-state index is -0.447. The van der Waals surface area contributed by atoms with Crippen molar-refractivity contribution in [3.63, 3.8) is 0 Å². The van der Waals surface area contributed by atoms with Crippen LogP contribution in [0.3, 0.4) is 0 Å². The zero-order valence-corrected chi connectivity index (χ0v) is 11.4. The van der Waals surface area contributed by atoms with Crippen molar-refractivity contribution in [2.75, 3.05) is 0 Å². The number of aromatic amines is 1. The van der Waals surface area contributed by atoms with Crippen molar-refractivity contribution < 1.29 is 9.13 Å². The Kier molecular flexibility index (Phi) is 3.39. The summed E-state index contributed by atoms with van der Waals surface area (Å²) in [6, 6.07) is 11.5. The molecule has 0 aliphatic carbocycles. The summed E-state index contributed by atoms with van der Waals surface area (Å²) < 4.78 is 18.8. The molecule has 2 aromatic carbocycles. The number of benzene rings is 2. The molecule has 106 valence electrons. The van der Waals surface area contributed by atoms with E-state index in [9.17, 15) is 9.18 Å². The van der Waals surface area contributed by atoms with E-state index in [1.54, 1.807) is 18.2 Å². The molecule has 0 radical (unpaired) electrons. The van der Waals surface area contributed by atoms with Gasteiger partial charge in [0.2, 0.25) is 0 Å². The van der Waals surface area contributed by atoms with Crippen LogP contribution in [0, 0.1) is 12.7 Å². The van der Waals surface area contributed by atoms with Gasteiger partial charge in [0.25, 0.3) is 5.56 Å². The lowest BCUT2D eigenvalue weighted by Gasteiger charge is -2.08. The summed E-state index contributed by atoms with van der Waals surface area (Å²) in [5.41, 5.74) is 1.31. The number of aromatic nitrogens is 2. The van der Waals surface area contributed by atoms with Crippen molar-refractivity contribution in [3.05, 3.63) is 70.0 Å². The van der Waals surface area contributed by atoms with Crippen LogP contribution in [0.5, 0.6) is 5.75 Å². The molecule has 5 heteroatoms. The van der Waals surface area contributed by atoms with Crippen LogP contribution in [-0.4, -0.2) is 9.97 Å². The molecule has 4 nitrogen and oxygen atoms in total. The fraction of sp³-hybridized carbons (Fsp3) is 0.125. The Balaban J connectivity index is 1.93. The van der Waals surface area contributed by atoms with Crippen molar-refractivity contribution in [1.82, 2.24) is 9.97 Å². The van der Waals surface area contributed by atoms with E-state index in [0.29, 0.717) is 16.7 Å². The van der Waals surface area contributed by atoms with Gasteiger partial charge >= 0.3 is 0 Å². The highest BCUT2D eigenvalue weighted by atomic mass is 19.1. The molecule has 0 bridgehead atoms. The summed E-state index contributed by atoms with van der Waals surface area (Å²) in [6.45, 7) is 1.89. The van der Waals surface area contributed by atoms with Crippen molar-refractivity contribution >= 4 is 10.9 Å². The Hall–Kier alpha value is -2.69. The van der Waals surface area contributed by atoms with Gasteiger partial charge in [-0.15, -0.1) is 0 Å². The SMILES string of the molecule is Cc1cccc2c(=O)[nH]c(COc3ccccc3F)nc12. The molecule has 21 heavy (non-hydrogen) atoms. The number of fused-ring (bicyclic) bond motifs is 1. The van der Waals surface area contributed by atoms with Crippen LogP contribution >= 0.6 is 0 Å². The number of rotatable bonds is 3. The molecule has 0 spiro atoms. The maximum absolute atomic E-state index is 13.5. The first-order valence-corrected chi connectivity index (χ1v) is 6.51. The summed E-state index contributed by atoms with van der Waals surface area (Å²) in [5, 5.41) is 0.532. The molecule has 3 rings (SSSR count). The number of ether oxygens (including phenoxy) is 1. The summed E-state index contributed by atoms with van der Waals surface area (Å²) in [6.07, 6.45) is 0. The van der Waals surface area contributed by atoms with Crippen molar-refractivity contribution in [2.45, 2.75) is 13.5 Å².